The fraction of sp³-hybridized carbons (Fsp3) is 0.400. The van der Waals surface area contributed by atoms with Gasteiger partial charge in [0, 0.05) is 24.0 Å². The van der Waals surface area contributed by atoms with Gasteiger partial charge in [-0.2, -0.15) is 8.78 Å². The number of hydrogen-bond acceptors (Lipinski definition) is 4. The minimum Gasteiger partial charge on any atom is -0.435 e. The predicted octanol–water partition coefficient (Wildman–Crippen LogP) is 4.03. The maximum atomic E-state index is 12.3. The Morgan fingerprint density at radius 2 is 2.24 bits per heavy atom. The van der Waals surface area contributed by atoms with Crippen LogP contribution in [0.1, 0.15) is 30.0 Å². The van der Waals surface area contributed by atoms with E-state index in [9.17, 15) is 8.78 Å². The fourth-order valence-corrected chi connectivity index (χ4v) is 2.73. The lowest BCUT2D eigenvalue weighted by Crippen LogP contribution is -2.24. The van der Waals surface area contributed by atoms with E-state index in [4.69, 9.17) is 0 Å². The second kappa shape index (κ2) is 8.05. The number of benzene rings is 1. The Morgan fingerprint density at radius 3 is 2.90 bits per heavy atom. The molecular weight excluding hydrogens is 294 g/mol. The number of halogens is 2. The third-order valence-corrected chi connectivity index (χ3v) is 3.79. The zero-order valence-electron chi connectivity index (χ0n) is 11.8. The first-order valence-corrected chi connectivity index (χ1v) is 7.73. The molecule has 114 valence electrons. The van der Waals surface area contributed by atoms with Gasteiger partial charge in [0.2, 0.25) is 0 Å². The summed E-state index contributed by atoms with van der Waals surface area (Å²) in [6.45, 7) is 0.140. The van der Waals surface area contributed by atoms with Gasteiger partial charge in [-0.25, -0.2) is 4.98 Å². The smallest absolute Gasteiger partial charge is 0.387 e. The van der Waals surface area contributed by atoms with Crippen molar-refractivity contribution in [1.29, 1.82) is 0 Å². The molecule has 1 N–H and O–H groups in total. The van der Waals surface area contributed by atoms with Crippen LogP contribution >= 0.6 is 11.3 Å². The number of alkyl halides is 2. The SMILES string of the molecule is CCCNC(Cc1nccs1)c1cccc(OC(F)F)c1. The van der Waals surface area contributed by atoms with Crippen LogP contribution < -0.4 is 10.1 Å². The molecule has 1 aromatic heterocycles. The van der Waals surface area contributed by atoms with Crippen molar-refractivity contribution >= 4 is 11.3 Å². The molecule has 21 heavy (non-hydrogen) atoms. The van der Waals surface area contributed by atoms with Gasteiger partial charge >= 0.3 is 6.61 Å². The van der Waals surface area contributed by atoms with Gasteiger partial charge in [0.05, 0.1) is 5.01 Å². The summed E-state index contributed by atoms with van der Waals surface area (Å²) in [5, 5.41) is 6.38. The van der Waals surface area contributed by atoms with Crippen LogP contribution in [-0.2, 0) is 6.42 Å². The van der Waals surface area contributed by atoms with E-state index in [1.807, 2.05) is 11.4 Å². The number of aromatic nitrogens is 1. The van der Waals surface area contributed by atoms with Crippen LogP contribution in [0.2, 0.25) is 0 Å². The van der Waals surface area contributed by atoms with E-state index in [-0.39, 0.29) is 11.8 Å². The van der Waals surface area contributed by atoms with Crippen LogP contribution in [0, 0.1) is 0 Å². The number of nitrogens with zero attached hydrogens (tertiary/aromatic N) is 1. The van der Waals surface area contributed by atoms with Crippen molar-refractivity contribution in [2.45, 2.75) is 32.4 Å². The monoisotopic (exact) mass is 312 g/mol. The van der Waals surface area contributed by atoms with Crippen LogP contribution in [0.5, 0.6) is 5.75 Å². The Morgan fingerprint density at radius 1 is 1.38 bits per heavy atom. The molecule has 0 radical (unpaired) electrons. The molecule has 1 atom stereocenters. The number of rotatable bonds is 8. The van der Waals surface area contributed by atoms with E-state index in [1.165, 1.54) is 6.07 Å². The second-order valence-electron chi connectivity index (χ2n) is 4.59. The lowest BCUT2D eigenvalue weighted by molar-refractivity contribution is -0.0499. The molecule has 0 amide bonds. The highest BCUT2D eigenvalue weighted by Crippen LogP contribution is 2.24. The molecule has 0 saturated carbocycles. The molecule has 1 unspecified atom stereocenters. The molecule has 1 heterocycles. The summed E-state index contributed by atoms with van der Waals surface area (Å²) >= 11 is 1.59. The Labute approximate surface area is 127 Å². The molecule has 2 rings (SSSR count). The van der Waals surface area contributed by atoms with Crippen LogP contribution in [0.3, 0.4) is 0 Å². The standard InChI is InChI=1S/C15H18F2N2OS/c1-2-6-18-13(10-14-19-7-8-21-14)11-4-3-5-12(9-11)20-15(16)17/h3-5,7-9,13,15,18H,2,6,10H2,1H3. The van der Waals surface area contributed by atoms with Gasteiger partial charge in [-0.1, -0.05) is 19.1 Å². The zero-order chi connectivity index (χ0) is 15.1. The van der Waals surface area contributed by atoms with Gasteiger partial charge in [-0.3, -0.25) is 0 Å². The normalized spacial score (nSPS) is 12.6. The Balaban J connectivity index is 2.14. The summed E-state index contributed by atoms with van der Waals surface area (Å²) in [6.07, 6.45) is 3.50. The van der Waals surface area contributed by atoms with Crippen molar-refractivity contribution in [2.75, 3.05) is 6.54 Å². The fourth-order valence-electron chi connectivity index (χ4n) is 2.06. The number of nitrogens with one attached hydrogen (secondary N) is 1. The minimum atomic E-state index is -2.80. The molecular formula is C15H18F2N2OS. The van der Waals surface area contributed by atoms with Gasteiger partial charge in [-0.15, -0.1) is 11.3 Å². The van der Waals surface area contributed by atoms with Gasteiger partial charge in [0.15, 0.2) is 0 Å². The molecule has 0 saturated heterocycles. The molecule has 0 aliphatic carbocycles. The quantitative estimate of drug-likeness (QED) is 0.799. The number of hydrogen-bond donors (Lipinski definition) is 1. The predicted molar refractivity (Wildman–Crippen MR) is 79.9 cm³/mol. The van der Waals surface area contributed by atoms with E-state index in [2.05, 4.69) is 22.0 Å². The summed E-state index contributed by atoms with van der Waals surface area (Å²) in [6, 6.07) is 6.88. The molecule has 0 aliphatic rings. The first-order valence-electron chi connectivity index (χ1n) is 6.85. The van der Waals surface area contributed by atoms with Crippen molar-refractivity contribution in [3.63, 3.8) is 0 Å². The van der Waals surface area contributed by atoms with Crippen molar-refractivity contribution in [3.05, 3.63) is 46.4 Å². The van der Waals surface area contributed by atoms with Gasteiger partial charge in [0.1, 0.15) is 5.75 Å². The maximum Gasteiger partial charge on any atom is 0.387 e. The Kier molecular flexibility index (Phi) is 6.07. The average Bonchev–Trinajstić information content (AvgIpc) is 2.96. The van der Waals surface area contributed by atoms with E-state index < -0.39 is 6.61 Å². The van der Waals surface area contributed by atoms with Crippen molar-refractivity contribution in [1.82, 2.24) is 10.3 Å². The first kappa shape index (κ1) is 15.9. The second-order valence-corrected chi connectivity index (χ2v) is 5.57. The Hall–Kier alpha value is -1.53. The van der Waals surface area contributed by atoms with Crippen molar-refractivity contribution < 1.29 is 13.5 Å². The molecule has 1 aromatic carbocycles. The van der Waals surface area contributed by atoms with Gasteiger partial charge < -0.3 is 10.1 Å². The zero-order valence-corrected chi connectivity index (χ0v) is 12.6. The third kappa shape index (κ3) is 5.06. The van der Waals surface area contributed by atoms with E-state index in [1.54, 1.807) is 29.7 Å². The maximum absolute atomic E-state index is 12.3. The van der Waals surface area contributed by atoms with Gasteiger partial charge in [-0.05, 0) is 30.7 Å². The van der Waals surface area contributed by atoms with E-state index in [0.717, 1.165) is 30.0 Å². The van der Waals surface area contributed by atoms with E-state index >= 15 is 0 Å². The summed E-state index contributed by atoms with van der Waals surface area (Å²) in [5.74, 6) is 0.185. The molecule has 6 heteroatoms. The first-order chi connectivity index (χ1) is 10.2. The van der Waals surface area contributed by atoms with Crippen LogP contribution in [-0.4, -0.2) is 18.1 Å². The molecule has 0 bridgehead atoms. The average molecular weight is 312 g/mol. The summed E-state index contributed by atoms with van der Waals surface area (Å²) in [5.41, 5.74) is 0.928. The van der Waals surface area contributed by atoms with E-state index in [0.29, 0.717) is 0 Å². The molecule has 3 nitrogen and oxygen atoms in total. The topological polar surface area (TPSA) is 34.2 Å². The number of ether oxygens (including phenoxy) is 1. The summed E-state index contributed by atoms with van der Waals surface area (Å²) in [4.78, 5) is 4.29. The van der Waals surface area contributed by atoms with Gasteiger partial charge in [0.25, 0.3) is 0 Å². The third-order valence-electron chi connectivity index (χ3n) is 2.99. The number of thiazole rings is 1. The summed E-state index contributed by atoms with van der Waals surface area (Å²) < 4.78 is 29.1. The van der Waals surface area contributed by atoms with Crippen LogP contribution in [0.4, 0.5) is 8.78 Å². The van der Waals surface area contributed by atoms with Crippen molar-refractivity contribution in [2.24, 2.45) is 0 Å². The molecule has 0 aliphatic heterocycles. The Bertz CT molecular complexity index is 534. The highest BCUT2D eigenvalue weighted by Gasteiger charge is 2.14. The highest BCUT2D eigenvalue weighted by atomic mass is 32.1. The van der Waals surface area contributed by atoms with Crippen molar-refractivity contribution in [3.8, 4) is 5.75 Å². The highest BCUT2D eigenvalue weighted by molar-refractivity contribution is 7.09. The van der Waals surface area contributed by atoms with Crippen LogP contribution in [0.25, 0.3) is 0 Å². The molecule has 2 aromatic rings. The molecule has 0 fully saturated rings. The minimum absolute atomic E-state index is 0.0392. The molecule has 0 spiro atoms. The largest absolute Gasteiger partial charge is 0.435 e. The lowest BCUT2D eigenvalue weighted by atomic mass is 10.0. The summed E-state index contributed by atoms with van der Waals surface area (Å²) in [7, 11) is 0. The lowest BCUT2D eigenvalue weighted by Gasteiger charge is -2.18. The van der Waals surface area contributed by atoms with Crippen LogP contribution in [0.15, 0.2) is 35.8 Å².